The summed E-state index contributed by atoms with van der Waals surface area (Å²) >= 11 is 0. The van der Waals surface area contributed by atoms with Crippen molar-refractivity contribution in [2.45, 2.75) is 12.5 Å². The van der Waals surface area contributed by atoms with Gasteiger partial charge in [-0.1, -0.05) is 103 Å². The van der Waals surface area contributed by atoms with Crippen LogP contribution < -0.4 is 0 Å². The Labute approximate surface area is 288 Å². The standard InChI is InChI=1S/C45H27N5/c46-26-29-23-24-44-38(25-29)36-16-5-8-21-42(36)50(44)45-30(27-47)11-9-18-37(45)32-13-2-1-12-31(32)33-17-10-22-43(39(33)28-48)49-40-19-6-3-14-34(40)35-15-4-7-20-41(35)49/h1-21,23-25,43H,22H2/t43-/m1/s1. The molecule has 0 saturated carbocycles. The third kappa shape index (κ3) is 4.23. The lowest BCUT2D eigenvalue weighted by molar-refractivity contribution is 0.629. The minimum atomic E-state index is -0.200. The molecule has 0 unspecified atom stereocenters. The van der Waals surface area contributed by atoms with E-state index in [9.17, 15) is 15.8 Å². The first-order valence-electron chi connectivity index (χ1n) is 16.6. The Morgan fingerprint density at radius 3 is 1.80 bits per heavy atom. The molecule has 9 rings (SSSR count). The summed E-state index contributed by atoms with van der Waals surface area (Å²) in [6, 6.07) is 51.9. The molecule has 0 amide bonds. The highest BCUT2D eigenvalue weighted by molar-refractivity contribution is 6.11. The summed E-state index contributed by atoms with van der Waals surface area (Å²) in [5, 5.41) is 35.5. The zero-order chi connectivity index (χ0) is 33.8. The number of nitrogens with zero attached hydrogens (tertiary/aromatic N) is 5. The molecule has 0 fully saturated rings. The fourth-order valence-electron chi connectivity index (χ4n) is 7.92. The monoisotopic (exact) mass is 637 g/mol. The van der Waals surface area contributed by atoms with E-state index in [4.69, 9.17) is 0 Å². The van der Waals surface area contributed by atoms with E-state index in [-0.39, 0.29) is 6.04 Å². The molecule has 1 aliphatic rings. The number of nitriles is 3. The summed E-state index contributed by atoms with van der Waals surface area (Å²) in [6.07, 6.45) is 4.95. The lowest BCUT2D eigenvalue weighted by Gasteiger charge is -2.26. The smallest absolute Gasteiger partial charge is 0.101 e. The first kappa shape index (κ1) is 29.0. The van der Waals surface area contributed by atoms with E-state index >= 15 is 0 Å². The number of hydrogen-bond donors (Lipinski definition) is 0. The van der Waals surface area contributed by atoms with Crippen molar-refractivity contribution >= 4 is 49.2 Å². The average Bonchev–Trinajstić information content (AvgIpc) is 3.69. The van der Waals surface area contributed by atoms with E-state index in [0.717, 1.165) is 60.8 Å². The van der Waals surface area contributed by atoms with Crippen LogP contribution >= 0.6 is 0 Å². The zero-order valence-electron chi connectivity index (χ0n) is 26.9. The highest BCUT2D eigenvalue weighted by Gasteiger charge is 2.28. The molecule has 0 radical (unpaired) electrons. The van der Waals surface area contributed by atoms with Crippen molar-refractivity contribution in [1.29, 1.82) is 15.8 Å². The molecule has 5 heteroatoms. The maximum Gasteiger partial charge on any atom is 0.101 e. The molecule has 8 aromatic rings. The van der Waals surface area contributed by atoms with Crippen LogP contribution in [-0.4, -0.2) is 9.13 Å². The Morgan fingerprint density at radius 1 is 0.520 bits per heavy atom. The van der Waals surface area contributed by atoms with Crippen molar-refractivity contribution < 1.29 is 0 Å². The van der Waals surface area contributed by atoms with Crippen LogP contribution in [0.1, 0.15) is 29.2 Å². The minimum Gasteiger partial charge on any atom is -0.332 e. The van der Waals surface area contributed by atoms with E-state index in [0.29, 0.717) is 23.1 Å². The van der Waals surface area contributed by atoms with Gasteiger partial charge in [0, 0.05) is 38.1 Å². The Bertz CT molecular complexity index is 2840. The van der Waals surface area contributed by atoms with Gasteiger partial charge >= 0.3 is 0 Å². The van der Waals surface area contributed by atoms with Gasteiger partial charge < -0.3 is 9.13 Å². The van der Waals surface area contributed by atoms with Crippen LogP contribution in [0.25, 0.3) is 66.0 Å². The molecule has 6 aromatic carbocycles. The molecule has 2 aromatic heterocycles. The summed E-state index contributed by atoms with van der Waals surface area (Å²) in [6.45, 7) is 0. The summed E-state index contributed by atoms with van der Waals surface area (Å²) in [7, 11) is 0. The quantitative estimate of drug-likeness (QED) is 0.193. The fraction of sp³-hybridized carbons (Fsp3) is 0.0444. The summed E-state index contributed by atoms with van der Waals surface area (Å²) in [5.41, 5.74) is 10.2. The second-order valence-electron chi connectivity index (χ2n) is 12.6. The molecule has 232 valence electrons. The van der Waals surface area contributed by atoms with Crippen molar-refractivity contribution in [3.63, 3.8) is 0 Å². The van der Waals surface area contributed by atoms with Gasteiger partial charge in [-0.3, -0.25) is 0 Å². The van der Waals surface area contributed by atoms with Crippen molar-refractivity contribution in [1.82, 2.24) is 9.13 Å². The van der Waals surface area contributed by atoms with Crippen LogP contribution in [0.5, 0.6) is 0 Å². The molecule has 0 N–H and O–H groups in total. The Morgan fingerprint density at radius 2 is 1.12 bits per heavy atom. The number of aromatic nitrogens is 2. The molecule has 0 spiro atoms. The van der Waals surface area contributed by atoms with Gasteiger partial charge in [0.05, 0.1) is 51.6 Å². The molecule has 5 nitrogen and oxygen atoms in total. The van der Waals surface area contributed by atoms with Crippen molar-refractivity contribution in [3.05, 3.63) is 168 Å². The second kappa shape index (κ2) is 11.5. The largest absolute Gasteiger partial charge is 0.332 e. The summed E-state index contributed by atoms with van der Waals surface area (Å²) in [4.78, 5) is 0. The maximum absolute atomic E-state index is 10.9. The second-order valence-corrected chi connectivity index (χ2v) is 12.6. The Kier molecular flexibility index (Phi) is 6.70. The van der Waals surface area contributed by atoms with Gasteiger partial charge in [0.2, 0.25) is 0 Å². The molecular weight excluding hydrogens is 611 g/mol. The first-order valence-corrected chi connectivity index (χ1v) is 16.6. The molecule has 2 heterocycles. The van der Waals surface area contributed by atoms with Gasteiger partial charge in [0.15, 0.2) is 0 Å². The predicted octanol–water partition coefficient (Wildman–Crippen LogP) is 10.8. The van der Waals surface area contributed by atoms with Gasteiger partial charge in [-0.15, -0.1) is 0 Å². The Balaban J connectivity index is 1.31. The summed E-state index contributed by atoms with van der Waals surface area (Å²) in [5.74, 6) is 0. The molecule has 1 atom stereocenters. The van der Waals surface area contributed by atoms with Gasteiger partial charge in [-0.25, -0.2) is 0 Å². The predicted molar refractivity (Wildman–Crippen MR) is 200 cm³/mol. The summed E-state index contributed by atoms with van der Waals surface area (Å²) < 4.78 is 4.47. The molecule has 0 saturated heterocycles. The SMILES string of the molecule is N#CC1=C(c2ccccc2-c2cccc(C#N)c2-n2c3ccccc3c3cc(C#N)ccc32)C=CC[C@H]1n1c2ccccc2c2ccccc21. The molecule has 0 bridgehead atoms. The number of hydrogen-bond acceptors (Lipinski definition) is 3. The normalized spacial score (nSPS) is 14.3. The zero-order valence-corrected chi connectivity index (χ0v) is 26.9. The van der Waals surface area contributed by atoms with Gasteiger partial charge in [0.1, 0.15) is 6.07 Å². The van der Waals surface area contributed by atoms with Crippen LogP contribution in [0.4, 0.5) is 0 Å². The van der Waals surface area contributed by atoms with E-state index in [1.165, 1.54) is 10.8 Å². The van der Waals surface area contributed by atoms with E-state index in [1.54, 1.807) is 0 Å². The lowest BCUT2D eigenvalue weighted by Crippen LogP contribution is -2.14. The van der Waals surface area contributed by atoms with Crippen molar-refractivity contribution in [2.24, 2.45) is 0 Å². The third-order valence-electron chi connectivity index (χ3n) is 10.0. The van der Waals surface area contributed by atoms with Gasteiger partial charge in [0.25, 0.3) is 0 Å². The molecule has 1 aliphatic carbocycles. The number of para-hydroxylation sites is 4. The molecule has 50 heavy (non-hydrogen) atoms. The third-order valence-corrected chi connectivity index (χ3v) is 10.0. The highest BCUT2D eigenvalue weighted by atomic mass is 15.0. The van der Waals surface area contributed by atoms with E-state index in [1.807, 2.05) is 54.6 Å². The fourth-order valence-corrected chi connectivity index (χ4v) is 7.92. The first-order chi connectivity index (χ1) is 24.7. The van der Waals surface area contributed by atoms with Crippen molar-refractivity contribution in [3.8, 4) is 35.0 Å². The molecule has 0 aliphatic heterocycles. The van der Waals surface area contributed by atoms with Gasteiger partial charge in [-0.2, -0.15) is 15.8 Å². The van der Waals surface area contributed by atoms with E-state index in [2.05, 4.69) is 118 Å². The molecular formula is C45H27N5. The van der Waals surface area contributed by atoms with Crippen LogP contribution in [0.15, 0.2) is 151 Å². The van der Waals surface area contributed by atoms with Gasteiger partial charge in [-0.05, 0) is 65.6 Å². The van der Waals surface area contributed by atoms with Crippen LogP contribution in [0, 0.1) is 34.0 Å². The number of allylic oxidation sites excluding steroid dienone is 4. The van der Waals surface area contributed by atoms with Crippen molar-refractivity contribution in [2.75, 3.05) is 0 Å². The van der Waals surface area contributed by atoms with Crippen LogP contribution in [0.3, 0.4) is 0 Å². The Hall–Kier alpha value is -7.13. The highest BCUT2D eigenvalue weighted by Crippen LogP contribution is 2.44. The number of fused-ring (bicyclic) bond motifs is 6. The number of benzene rings is 6. The number of rotatable bonds is 4. The maximum atomic E-state index is 10.9. The lowest BCUT2D eigenvalue weighted by atomic mass is 9.85. The van der Waals surface area contributed by atoms with E-state index < -0.39 is 0 Å². The minimum absolute atomic E-state index is 0.200. The van der Waals surface area contributed by atoms with Crippen LogP contribution in [-0.2, 0) is 0 Å². The topological polar surface area (TPSA) is 81.2 Å². The average molecular weight is 638 g/mol. The van der Waals surface area contributed by atoms with Crippen LogP contribution in [0.2, 0.25) is 0 Å².